The molecule has 0 aromatic rings. The number of ether oxygens (including phenoxy) is 1. The van der Waals surface area contributed by atoms with E-state index < -0.39 is 14.4 Å². The molecule has 1 heterocycles. The van der Waals surface area contributed by atoms with Crippen molar-refractivity contribution in [1.29, 1.82) is 0 Å². The minimum absolute atomic E-state index is 0.00370. The normalized spacial score (nSPS) is 31.7. The number of halogens is 1. The molecule has 0 aromatic carbocycles. The topological polar surface area (TPSA) is 55.8 Å². The van der Waals surface area contributed by atoms with Gasteiger partial charge in [0.1, 0.15) is 6.10 Å². The first-order chi connectivity index (χ1) is 12.8. The smallest absolute Gasteiger partial charge is 0.308 e. The van der Waals surface area contributed by atoms with Gasteiger partial charge in [-0.05, 0) is 53.5 Å². The first-order valence-electron chi connectivity index (χ1n) is 10.3. The Hall–Kier alpha value is -0.183. The highest BCUT2D eigenvalue weighted by molar-refractivity contribution is 14.1. The van der Waals surface area contributed by atoms with Crippen LogP contribution >= 0.6 is 22.6 Å². The summed E-state index contributed by atoms with van der Waals surface area (Å²) in [4.78, 5) is 12.8. The van der Waals surface area contributed by atoms with Crippen LogP contribution < -0.4 is 0 Å². The average molecular weight is 523 g/mol. The highest BCUT2D eigenvalue weighted by Gasteiger charge is 2.40. The summed E-state index contributed by atoms with van der Waals surface area (Å²) in [5.74, 6) is -0.0968. The Labute approximate surface area is 186 Å². The van der Waals surface area contributed by atoms with E-state index in [1.807, 2.05) is 30.1 Å². The molecule has 162 valence electrons. The monoisotopic (exact) mass is 522 g/mol. The fraction of sp³-hybridized carbons (Fsp3) is 0.773. The number of cyclic esters (lactones) is 1. The van der Waals surface area contributed by atoms with E-state index in [0.717, 1.165) is 18.4 Å². The molecule has 0 aromatic heterocycles. The summed E-state index contributed by atoms with van der Waals surface area (Å²) in [7, 11) is -2.01. The predicted molar refractivity (Wildman–Crippen MR) is 127 cm³/mol. The van der Waals surface area contributed by atoms with E-state index in [1.165, 1.54) is 0 Å². The zero-order valence-corrected chi connectivity index (χ0v) is 21.9. The summed E-state index contributed by atoms with van der Waals surface area (Å²) in [6, 6.07) is 0. The maximum atomic E-state index is 12.8. The van der Waals surface area contributed by atoms with Crippen LogP contribution in [-0.4, -0.2) is 37.7 Å². The van der Waals surface area contributed by atoms with E-state index in [-0.39, 0.29) is 41.5 Å². The Morgan fingerprint density at radius 3 is 2.43 bits per heavy atom. The summed E-state index contributed by atoms with van der Waals surface area (Å²) >= 11 is 2.18. The number of aliphatic hydroxyl groups is 1. The van der Waals surface area contributed by atoms with Crippen molar-refractivity contribution in [3.8, 4) is 0 Å². The molecule has 28 heavy (non-hydrogen) atoms. The molecule has 0 spiro atoms. The second kappa shape index (κ2) is 10.7. The van der Waals surface area contributed by atoms with Crippen molar-refractivity contribution in [2.45, 2.75) is 97.2 Å². The van der Waals surface area contributed by atoms with Crippen LogP contribution in [0.5, 0.6) is 0 Å². The highest BCUT2D eigenvalue weighted by Crippen LogP contribution is 2.38. The van der Waals surface area contributed by atoms with Crippen LogP contribution in [0.1, 0.15) is 60.8 Å². The van der Waals surface area contributed by atoms with Gasteiger partial charge in [0.15, 0.2) is 8.32 Å². The number of aliphatic hydroxyl groups excluding tert-OH is 1. The zero-order valence-electron chi connectivity index (χ0n) is 18.8. The maximum absolute atomic E-state index is 12.8. The van der Waals surface area contributed by atoms with Crippen LogP contribution in [0.3, 0.4) is 0 Å². The molecule has 5 atom stereocenters. The molecule has 0 bridgehead atoms. The van der Waals surface area contributed by atoms with Crippen molar-refractivity contribution < 1.29 is 19.1 Å². The number of esters is 1. The molecule has 0 unspecified atom stereocenters. The summed E-state index contributed by atoms with van der Waals surface area (Å²) in [6.07, 6.45) is 4.63. The molecule has 6 heteroatoms. The lowest BCUT2D eigenvalue weighted by molar-refractivity contribution is -0.150. The first kappa shape index (κ1) is 25.9. The second-order valence-corrected chi connectivity index (χ2v) is 15.1. The van der Waals surface area contributed by atoms with Gasteiger partial charge in [-0.25, -0.2) is 0 Å². The second-order valence-electron chi connectivity index (χ2n) is 9.76. The van der Waals surface area contributed by atoms with Crippen LogP contribution in [0, 0.1) is 11.8 Å². The third kappa shape index (κ3) is 7.57. The van der Waals surface area contributed by atoms with Crippen molar-refractivity contribution in [3.05, 3.63) is 21.8 Å². The van der Waals surface area contributed by atoms with Gasteiger partial charge < -0.3 is 14.3 Å². The Morgan fingerprint density at radius 2 is 1.89 bits per heavy atom. The van der Waals surface area contributed by atoms with Gasteiger partial charge in [-0.1, -0.05) is 69.4 Å². The van der Waals surface area contributed by atoms with Gasteiger partial charge in [-0.3, -0.25) is 4.79 Å². The van der Waals surface area contributed by atoms with Crippen LogP contribution in [0.25, 0.3) is 0 Å². The van der Waals surface area contributed by atoms with Crippen LogP contribution in [0.4, 0.5) is 0 Å². The average Bonchev–Trinajstić information content (AvgIpc) is 2.58. The molecular formula is C22H39IO4Si. The summed E-state index contributed by atoms with van der Waals surface area (Å²) in [5, 5.41) is 10.6. The van der Waals surface area contributed by atoms with Gasteiger partial charge >= 0.3 is 5.97 Å². The fourth-order valence-corrected chi connectivity index (χ4v) is 4.79. The standard InChI is InChI=1S/C22H39IO4Si/c1-15-9-11-18(27-28(7,8)22(4,5)6)13-20(25)26-21(17(3)14-23)16(2)10-12-19(15)24/h10,12,14-16,18-19,21,24H,9,11,13H2,1-8H3/b12-10?,17-14-/t15-,16-,18+,19-,21-/m0/s1. The third-order valence-electron chi connectivity index (χ3n) is 6.16. The number of rotatable bonds is 3. The van der Waals surface area contributed by atoms with E-state index in [4.69, 9.17) is 9.16 Å². The van der Waals surface area contributed by atoms with Gasteiger partial charge in [0.25, 0.3) is 0 Å². The minimum atomic E-state index is -2.01. The molecule has 0 radical (unpaired) electrons. The molecular weight excluding hydrogens is 483 g/mol. The van der Waals surface area contributed by atoms with Gasteiger partial charge in [-0.15, -0.1) is 0 Å². The number of carbonyl (C=O) groups is 1. The SMILES string of the molecule is C/C(=C/I)[C@H]1OC(=O)C[C@H](O[Si](C)(C)C(C)(C)C)CC[C@H](C)[C@@H](O)C=C[C@@H]1C. The quantitative estimate of drug-likeness (QED) is 0.214. The Kier molecular flexibility index (Phi) is 9.91. The van der Waals surface area contributed by atoms with Crippen molar-refractivity contribution >= 4 is 36.9 Å². The maximum Gasteiger partial charge on any atom is 0.308 e. The lowest BCUT2D eigenvalue weighted by atomic mass is 9.92. The first-order valence-corrected chi connectivity index (χ1v) is 14.4. The van der Waals surface area contributed by atoms with Crippen LogP contribution in [-0.2, 0) is 14.0 Å². The van der Waals surface area contributed by atoms with E-state index >= 15 is 0 Å². The molecule has 1 rings (SSSR count). The molecule has 4 nitrogen and oxygen atoms in total. The van der Waals surface area contributed by atoms with Crippen molar-refractivity contribution in [3.63, 3.8) is 0 Å². The number of carbonyl (C=O) groups excluding carboxylic acids is 1. The number of hydrogen-bond acceptors (Lipinski definition) is 4. The molecule has 0 saturated carbocycles. The molecule has 1 aliphatic rings. The van der Waals surface area contributed by atoms with Gasteiger partial charge in [0.2, 0.25) is 0 Å². The van der Waals surface area contributed by atoms with E-state index in [0.29, 0.717) is 0 Å². The zero-order chi connectivity index (χ0) is 21.7. The molecule has 0 amide bonds. The largest absolute Gasteiger partial charge is 0.457 e. The minimum Gasteiger partial charge on any atom is -0.457 e. The third-order valence-corrected chi connectivity index (χ3v) is 11.7. The van der Waals surface area contributed by atoms with Crippen LogP contribution in [0.15, 0.2) is 21.8 Å². The Balaban J connectivity index is 3.13. The van der Waals surface area contributed by atoms with E-state index in [2.05, 4.69) is 63.4 Å². The van der Waals surface area contributed by atoms with Crippen molar-refractivity contribution in [2.24, 2.45) is 11.8 Å². The molecule has 1 aliphatic heterocycles. The van der Waals surface area contributed by atoms with Crippen molar-refractivity contribution in [1.82, 2.24) is 0 Å². The fourth-order valence-electron chi connectivity index (χ4n) is 3.05. The van der Waals surface area contributed by atoms with Crippen LogP contribution in [0.2, 0.25) is 18.1 Å². The van der Waals surface area contributed by atoms with Gasteiger partial charge in [0, 0.05) is 5.92 Å². The summed E-state index contributed by atoms with van der Waals surface area (Å²) < 4.78 is 14.4. The Morgan fingerprint density at radius 1 is 1.29 bits per heavy atom. The lowest BCUT2D eigenvalue weighted by Crippen LogP contribution is -2.45. The van der Waals surface area contributed by atoms with E-state index in [9.17, 15) is 9.90 Å². The molecule has 0 fully saturated rings. The van der Waals surface area contributed by atoms with Gasteiger partial charge in [0.05, 0.1) is 18.6 Å². The Bertz CT molecular complexity index is 580. The summed E-state index contributed by atoms with van der Waals surface area (Å²) in [5.41, 5.74) is 1.01. The number of hydrogen-bond donors (Lipinski definition) is 1. The molecule has 0 aliphatic carbocycles. The van der Waals surface area contributed by atoms with E-state index in [1.54, 1.807) is 0 Å². The lowest BCUT2D eigenvalue weighted by Gasteiger charge is -2.39. The van der Waals surface area contributed by atoms with Gasteiger partial charge in [-0.2, -0.15) is 0 Å². The predicted octanol–water partition coefficient (Wildman–Crippen LogP) is 6.00. The summed E-state index contributed by atoms with van der Waals surface area (Å²) in [6.45, 7) is 17.1. The highest BCUT2D eigenvalue weighted by atomic mass is 127. The molecule has 0 saturated heterocycles. The van der Waals surface area contributed by atoms with Crippen molar-refractivity contribution in [2.75, 3.05) is 0 Å². The molecule has 1 N–H and O–H groups in total.